The Hall–Kier alpha value is -3.45. The first-order chi connectivity index (χ1) is 14.3. The van der Waals surface area contributed by atoms with Crippen LogP contribution < -0.4 is 33.1 Å². The molecule has 0 aliphatic carbocycles. The van der Waals surface area contributed by atoms with E-state index in [-0.39, 0.29) is 40.6 Å². The number of halogens is 1. The third-order valence-corrected chi connectivity index (χ3v) is 4.76. The van der Waals surface area contributed by atoms with Crippen LogP contribution in [0.25, 0.3) is 0 Å². The van der Waals surface area contributed by atoms with Gasteiger partial charge in [0.05, 0.1) is 11.9 Å². The zero-order valence-electron chi connectivity index (χ0n) is 15.9. The van der Waals surface area contributed by atoms with Crippen molar-refractivity contribution in [2.75, 3.05) is 54.4 Å². The summed E-state index contributed by atoms with van der Waals surface area (Å²) in [5, 5.41) is 2.38. The van der Waals surface area contributed by atoms with Crippen molar-refractivity contribution in [3.8, 4) is 0 Å². The number of rotatable bonds is 5. The molecule has 2 aromatic heterocycles. The van der Waals surface area contributed by atoms with Crippen LogP contribution in [-0.4, -0.2) is 69.4 Å². The summed E-state index contributed by atoms with van der Waals surface area (Å²) in [5.41, 5.74) is 16.2. The number of nitrogens with zero attached hydrogens (tertiary/aromatic N) is 5. The standard InChI is InChI=1S/C16H21ClN10O3/c17-11-13(20)23-12(19)10(22-11)15(29)24-14-8(7-21-16(30)25-14)26-3-5-27(6-4-26)9(28)1-2-18/h7H,1-6,18H2,(H4,19,20,23)(H2,21,24,25,29,30). The number of nitrogen functional groups attached to an aromatic ring is 2. The van der Waals surface area contributed by atoms with E-state index in [0.29, 0.717) is 38.4 Å². The minimum Gasteiger partial charge on any atom is -0.382 e. The molecule has 13 nitrogen and oxygen atoms in total. The number of aromatic amines is 1. The molecule has 8 N–H and O–H groups in total. The van der Waals surface area contributed by atoms with Crippen LogP contribution in [0.1, 0.15) is 16.9 Å². The highest BCUT2D eigenvalue weighted by Crippen LogP contribution is 2.24. The van der Waals surface area contributed by atoms with Gasteiger partial charge in [-0.3, -0.25) is 14.6 Å². The predicted octanol–water partition coefficient (Wildman–Crippen LogP) is -1.37. The number of hydrogen-bond acceptors (Lipinski definition) is 10. The number of nitrogens with one attached hydrogen (secondary N) is 2. The number of hydrogen-bond donors (Lipinski definition) is 5. The van der Waals surface area contributed by atoms with Crippen LogP contribution in [-0.2, 0) is 4.79 Å². The molecule has 1 aliphatic heterocycles. The van der Waals surface area contributed by atoms with Crippen molar-refractivity contribution >= 4 is 46.6 Å². The average Bonchev–Trinajstić information content (AvgIpc) is 2.71. The van der Waals surface area contributed by atoms with Crippen molar-refractivity contribution in [2.45, 2.75) is 6.42 Å². The second kappa shape index (κ2) is 8.92. The third-order valence-electron chi connectivity index (χ3n) is 4.48. The van der Waals surface area contributed by atoms with E-state index < -0.39 is 11.6 Å². The van der Waals surface area contributed by atoms with Crippen molar-refractivity contribution in [2.24, 2.45) is 5.73 Å². The lowest BCUT2D eigenvalue weighted by atomic mass is 10.2. The second-order valence-corrected chi connectivity index (χ2v) is 6.80. The van der Waals surface area contributed by atoms with Crippen LogP contribution in [0, 0.1) is 0 Å². The highest BCUT2D eigenvalue weighted by Gasteiger charge is 2.24. The maximum absolute atomic E-state index is 12.6. The summed E-state index contributed by atoms with van der Waals surface area (Å²) < 4.78 is 0. The fourth-order valence-electron chi connectivity index (χ4n) is 2.98. The van der Waals surface area contributed by atoms with Gasteiger partial charge in [0.15, 0.2) is 22.5 Å². The molecular weight excluding hydrogens is 416 g/mol. The Morgan fingerprint density at radius 1 is 1.17 bits per heavy atom. The van der Waals surface area contributed by atoms with Gasteiger partial charge in [-0.05, 0) is 0 Å². The van der Waals surface area contributed by atoms with E-state index in [0.717, 1.165) is 0 Å². The van der Waals surface area contributed by atoms with E-state index in [1.54, 1.807) is 4.90 Å². The predicted molar refractivity (Wildman–Crippen MR) is 111 cm³/mol. The number of anilines is 4. The summed E-state index contributed by atoms with van der Waals surface area (Å²) in [5.74, 6) is -0.956. The Morgan fingerprint density at radius 2 is 1.87 bits per heavy atom. The first kappa shape index (κ1) is 21.3. The van der Waals surface area contributed by atoms with E-state index in [2.05, 4.69) is 25.3 Å². The molecule has 0 aromatic carbocycles. The van der Waals surface area contributed by atoms with Crippen molar-refractivity contribution in [3.05, 3.63) is 27.5 Å². The molecule has 14 heteroatoms. The largest absolute Gasteiger partial charge is 0.382 e. The van der Waals surface area contributed by atoms with Crippen molar-refractivity contribution in [1.82, 2.24) is 24.8 Å². The summed E-state index contributed by atoms with van der Waals surface area (Å²) in [4.78, 5) is 53.8. The molecule has 2 amide bonds. The summed E-state index contributed by atoms with van der Waals surface area (Å²) in [6, 6.07) is 0. The van der Waals surface area contributed by atoms with Gasteiger partial charge < -0.3 is 32.3 Å². The van der Waals surface area contributed by atoms with Crippen LogP contribution >= 0.6 is 11.6 Å². The minimum atomic E-state index is -0.734. The van der Waals surface area contributed by atoms with Crippen molar-refractivity contribution in [1.29, 1.82) is 0 Å². The van der Waals surface area contributed by atoms with Gasteiger partial charge in [0.1, 0.15) is 5.82 Å². The molecule has 3 rings (SSSR count). The Bertz CT molecular complexity index is 1020. The summed E-state index contributed by atoms with van der Waals surface area (Å²) in [6.07, 6.45) is 1.63. The minimum absolute atomic E-state index is 0.0143. The van der Waals surface area contributed by atoms with E-state index in [4.69, 9.17) is 28.8 Å². The van der Waals surface area contributed by atoms with Crippen LogP contribution in [0.3, 0.4) is 0 Å². The molecule has 0 radical (unpaired) electrons. The SMILES string of the molecule is NCCC(=O)N1CCN(c2cnc(=O)[nH]c2NC(=O)c2nc(Cl)c(N)nc2N)CC1. The highest BCUT2D eigenvalue weighted by molar-refractivity contribution is 6.31. The van der Waals surface area contributed by atoms with Gasteiger partial charge in [-0.25, -0.2) is 14.8 Å². The number of piperazine rings is 1. The van der Waals surface area contributed by atoms with Gasteiger partial charge in [0, 0.05) is 39.1 Å². The third kappa shape index (κ3) is 4.58. The molecule has 0 spiro atoms. The van der Waals surface area contributed by atoms with Crippen LogP contribution in [0.5, 0.6) is 0 Å². The van der Waals surface area contributed by atoms with Gasteiger partial charge in [-0.15, -0.1) is 0 Å². The van der Waals surface area contributed by atoms with E-state index in [9.17, 15) is 14.4 Å². The first-order valence-corrected chi connectivity index (χ1v) is 9.40. The number of nitrogens with two attached hydrogens (primary N) is 3. The molecule has 1 aliphatic rings. The Morgan fingerprint density at radius 3 is 2.53 bits per heavy atom. The zero-order valence-corrected chi connectivity index (χ0v) is 16.6. The fourth-order valence-corrected chi connectivity index (χ4v) is 3.11. The molecule has 0 saturated carbocycles. The number of aromatic nitrogens is 4. The molecule has 0 unspecified atom stereocenters. The molecule has 3 heterocycles. The fraction of sp³-hybridized carbons (Fsp3) is 0.375. The number of H-pyrrole nitrogens is 1. The van der Waals surface area contributed by atoms with Gasteiger partial charge in [0.25, 0.3) is 5.91 Å². The monoisotopic (exact) mass is 436 g/mol. The Kier molecular flexibility index (Phi) is 6.32. The first-order valence-electron chi connectivity index (χ1n) is 9.02. The molecule has 1 saturated heterocycles. The number of amides is 2. The lowest BCUT2D eigenvalue weighted by Crippen LogP contribution is -2.49. The molecule has 1 fully saturated rings. The van der Waals surface area contributed by atoms with Gasteiger partial charge in [-0.1, -0.05) is 11.6 Å². The number of carbonyl (C=O) groups is 2. The van der Waals surface area contributed by atoms with Gasteiger partial charge >= 0.3 is 5.69 Å². The smallest absolute Gasteiger partial charge is 0.346 e. The molecule has 0 bridgehead atoms. The van der Waals surface area contributed by atoms with E-state index in [1.165, 1.54) is 6.20 Å². The second-order valence-electron chi connectivity index (χ2n) is 6.44. The highest BCUT2D eigenvalue weighted by atomic mass is 35.5. The Balaban J connectivity index is 1.80. The Labute approximate surface area is 175 Å². The lowest BCUT2D eigenvalue weighted by molar-refractivity contribution is -0.131. The molecular formula is C16H21ClN10O3. The van der Waals surface area contributed by atoms with Crippen molar-refractivity contribution in [3.63, 3.8) is 0 Å². The quantitative estimate of drug-likeness (QED) is 0.371. The van der Waals surface area contributed by atoms with Crippen molar-refractivity contribution < 1.29 is 9.59 Å². The summed E-state index contributed by atoms with van der Waals surface area (Å²) >= 11 is 5.82. The van der Waals surface area contributed by atoms with Gasteiger partial charge in [0.2, 0.25) is 5.91 Å². The number of carbonyl (C=O) groups excluding carboxylic acids is 2. The molecule has 2 aromatic rings. The normalized spacial score (nSPS) is 13.9. The van der Waals surface area contributed by atoms with Gasteiger partial charge in [-0.2, -0.15) is 4.98 Å². The molecule has 30 heavy (non-hydrogen) atoms. The van der Waals surface area contributed by atoms with E-state index in [1.807, 2.05) is 4.90 Å². The van der Waals surface area contributed by atoms with Crippen LogP contribution in [0.4, 0.5) is 23.1 Å². The zero-order chi connectivity index (χ0) is 21.8. The maximum atomic E-state index is 12.6. The molecule has 0 atom stereocenters. The average molecular weight is 437 g/mol. The van der Waals surface area contributed by atoms with Crippen LogP contribution in [0.15, 0.2) is 11.0 Å². The van der Waals surface area contributed by atoms with Crippen LogP contribution in [0.2, 0.25) is 5.15 Å². The van der Waals surface area contributed by atoms with E-state index >= 15 is 0 Å². The maximum Gasteiger partial charge on any atom is 0.346 e. The molecule has 160 valence electrons. The topological polar surface area (TPSA) is 202 Å². The summed E-state index contributed by atoms with van der Waals surface area (Å²) in [6.45, 7) is 2.18. The lowest BCUT2D eigenvalue weighted by Gasteiger charge is -2.36. The summed E-state index contributed by atoms with van der Waals surface area (Å²) in [7, 11) is 0.